The molecule has 1 heterocycles. The van der Waals surface area contributed by atoms with Crippen LogP contribution in [0.3, 0.4) is 0 Å². The van der Waals surface area contributed by atoms with Gasteiger partial charge < -0.3 is 14.8 Å². The summed E-state index contributed by atoms with van der Waals surface area (Å²) < 4.78 is 12.4. The molecule has 0 aliphatic carbocycles. The van der Waals surface area contributed by atoms with Crippen molar-refractivity contribution in [2.45, 2.75) is 20.5 Å². The first kappa shape index (κ1) is 21.2. The monoisotopic (exact) mass is 478 g/mol. The maximum Gasteiger partial charge on any atom is 0.328 e. The van der Waals surface area contributed by atoms with E-state index >= 15 is 0 Å². The summed E-state index contributed by atoms with van der Waals surface area (Å²) in [5, 5.41) is 3.26. The van der Waals surface area contributed by atoms with Gasteiger partial charge in [0.15, 0.2) is 11.5 Å². The number of carbonyl (C=O) groups excluding carboxylic acids is 2. The quantitative estimate of drug-likeness (QED) is 0.449. The molecule has 1 aliphatic heterocycles. The number of nitrogens with zero attached hydrogens (tertiary/aromatic N) is 1. The summed E-state index contributed by atoms with van der Waals surface area (Å²) in [5.41, 5.74) is 1.88. The fourth-order valence-corrected chi connectivity index (χ4v) is 3.36. The van der Waals surface area contributed by atoms with Crippen LogP contribution < -0.4 is 14.8 Å². The van der Waals surface area contributed by atoms with Crippen LogP contribution in [0.5, 0.6) is 11.5 Å². The number of rotatable bonds is 7. The molecular weight excluding hydrogens is 460 g/mol. The zero-order chi connectivity index (χ0) is 21.0. The predicted molar refractivity (Wildman–Crippen MR) is 115 cm³/mol. The van der Waals surface area contributed by atoms with E-state index < -0.39 is 6.03 Å². The molecule has 0 bridgehead atoms. The molecule has 3 amide bonds. The molecule has 0 unspecified atom stereocenters. The lowest BCUT2D eigenvalue weighted by atomic mass is 10.1. The Morgan fingerprint density at radius 2 is 1.79 bits per heavy atom. The van der Waals surface area contributed by atoms with Gasteiger partial charge in [-0.3, -0.25) is 9.69 Å². The molecule has 0 spiro atoms. The highest BCUT2D eigenvalue weighted by Gasteiger charge is 2.32. The molecule has 1 fully saturated rings. The van der Waals surface area contributed by atoms with Gasteiger partial charge in [0, 0.05) is 16.0 Å². The van der Waals surface area contributed by atoms with Crippen molar-refractivity contribution in [3.63, 3.8) is 0 Å². The Hall–Kier alpha value is -2.51. The second kappa shape index (κ2) is 9.33. The molecule has 29 heavy (non-hydrogen) atoms. The summed E-state index contributed by atoms with van der Waals surface area (Å²) in [6.07, 6.45) is 1.62. The molecule has 2 aromatic carbocycles. The van der Waals surface area contributed by atoms with Gasteiger partial charge in [-0.1, -0.05) is 39.7 Å². The van der Waals surface area contributed by atoms with Gasteiger partial charge >= 0.3 is 6.03 Å². The van der Waals surface area contributed by atoms with Crippen LogP contribution in [-0.2, 0) is 11.4 Å². The Kier molecular flexibility index (Phi) is 6.82. The van der Waals surface area contributed by atoms with Crippen molar-refractivity contribution in [1.29, 1.82) is 0 Å². The Labute approximate surface area is 182 Å². The van der Waals surface area contributed by atoms with Crippen molar-refractivity contribution in [3.05, 3.63) is 62.7 Å². The van der Waals surface area contributed by atoms with Crippen LogP contribution in [0.25, 0.3) is 6.08 Å². The Balaban J connectivity index is 1.86. The molecule has 0 saturated carbocycles. The topological polar surface area (TPSA) is 67.9 Å². The number of benzene rings is 2. The molecular formula is C21H20BrClN2O4. The molecule has 1 aliphatic rings. The van der Waals surface area contributed by atoms with Crippen LogP contribution >= 0.6 is 27.5 Å². The van der Waals surface area contributed by atoms with Crippen molar-refractivity contribution < 1.29 is 19.1 Å². The average molecular weight is 480 g/mol. The van der Waals surface area contributed by atoms with Crippen molar-refractivity contribution in [1.82, 2.24) is 10.2 Å². The minimum absolute atomic E-state index is 0.217. The first-order valence-electron chi connectivity index (χ1n) is 9.11. The Morgan fingerprint density at radius 1 is 1.10 bits per heavy atom. The summed E-state index contributed by atoms with van der Waals surface area (Å²) in [6, 6.07) is 10.5. The fraction of sp³-hybridized carbons (Fsp3) is 0.238. The Morgan fingerprint density at radius 3 is 2.41 bits per heavy atom. The predicted octanol–water partition coefficient (Wildman–Crippen LogP) is 4.99. The summed E-state index contributed by atoms with van der Waals surface area (Å²) in [7, 11) is 0. The first-order chi connectivity index (χ1) is 13.9. The van der Waals surface area contributed by atoms with E-state index in [1.165, 1.54) is 0 Å². The number of ether oxygens (including phenoxy) is 2. The van der Waals surface area contributed by atoms with E-state index in [0.717, 1.165) is 10.5 Å². The highest BCUT2D eigenvalue weighted by molar-refractivity contribution is 9.10. The van der Waals surface area contributed by atoms with E-state index in [0.29, 0.717) is 46.3 Å². The van der Waals surface area contributed by atoms with E-state index in [1.807, 2.05) is 19.1 Å². The van der Waals surface area contributed by atoms with Gasteiger partial charge in [-0.2, -0.15) is 0 Å². The number of carbonyl (C=O) groups is 2. The lowest BCUT2D eigenvalue weighted by Crippen LogP contribution is -2.30. The highest BCUT2D eigenvalue weighted by atomic mass is 79.9. The van der Waals surface area contributed by atoms with Crippen LogP contribution in [-0.4, -0.2) is 30.0 Å². The maximum absolute atomic E-state index is 12.3. The lowest BCUT2D eigenvalue weighted by Gasteiger charge is -2.14. The van der Waals surface area contributed by atoms with Crippen molar-refractivity contribution in [3.8, 4) is 11.5 Å². The van der Waals surface area contributed by atoms with E-state index in [9.17, 15) is 9.59 Å². The summed E-state index contributed by atoms with van der Waals surface area (Å²) in [6.45, 7) is 4.74. The molecule has 2 aromatic rings. The SMILES string of the molecule is CCOc1cc(/C=C2/NC(=O)N(CC)C2=O)c(Br)cc1OCc1ccc(Cl)cc1. The third kappa shape index (κ3) is 4.92. The van der Waals surface area contributed by atoms with Crippen molar-refractivity contribution in [2.75, 3.05) is 13.2 Å². The van der Waals surface area contributed by atoms with E-state index in [4.69, 9.17) is 21.1 Å². The molecule has 1 N–H and O–H groups in total. The van der Waals surface area contributed by atoms with E-state index in [-0.39, 0.29) is 11.6 Å². The van der Waals surface area contributed by atoms with Crippen LogP contribution in [0.2, 0.25) is 5.02 Å². The number of halogens is 2. The summed E-state index contributed by atoms with van der Waals surface area (Å²) in [4.78, 5) is 25.3. The van der Waals surface area contributed by atoms with Crippen LogP contribution in [0.15, 0.2) is 46.6 Å². The normalized spacial score (nSPS) is 15.0. The molecule has 6 nitrogen and oxygen atoms in total. The number of urea groups is 1. The van der Waals surface area contributed by atoms with Crippen LogP contribution in [0.1, 0.15) is 25.0 Å². The number of hydrogen-bond donors (Lipinski definition) is 1. The third-order valence-electron chi connectivity index (χ3n) is 4.25. The molecule has 1 saturated heterocycles. The standard InChI is InChI=1S/C21H20BrClN2O4/c1-3-25-20(26)17(24-21(25)27)9-14-10-18(28-4-2)19(11-16(14)22)29-12-13-5-7-15(23)8-6-13/h5-11H,3-4,12H2,1-2H3,(H,24,27)/b17-9+. The fourth-order valence-electron chi connectivity index (χ4n) is 2.80. The molecule has 0 radical (unpaired) electrons. The minimum Gasteiger partial charge on any atom is -0.490 e. The van der Waals surface area contributed by atoms with E-state index in [1.54, 1.807) is 37.3 Å². The van der Waals surface area contributed by atoms with Gasteiger partial charge in [-0.15, -0.1) is 0 Å². The van der Waals surface area contributed by atoms with Gasteiger partial charge in [0.2, 0.25) is 0 Å². The van der Waals surface area contributed by atoms with Gasteiger partial charge in [-0.25, -0.2) is 4.79 Å². The molecule has 0 aromatic heterocycles. The average Bonchev–Trinajstić information content (AvgIpc) is 2.97. The maximum atomic E-state index is 12.3. The van der Waals surface area contributed by atoms with E-state index in [2.05, 4.69) is 21.2 Å². The minimum atomic E-state index is -0.423. The third-order valence-corrected chi connectivity index (χ3v) is 5.19. The molecule has 3 rings (SSSR count). The molecule has 152 valence electrons. The number of imide groups is 1. The van der Waals surface area contributed by atoms with Gasteiger partial charge in [0.05, 0.1) is 6.61 Å². The Bertz CT molecular complexity index is 960. The van der Waals surface area contributed by atoms with Crippen molar-refractivity contribution >= 4 is 45.5 Å². The molecule has 0 atom stereocenters. The van der Waals surface area contributed by atoms with Crippen LogP contribution in [0, 0.1) is 0 Å². The number of amides is 3. The second-order valence-electron chi connectivity index (χ2n) is 6.21. The van der Waals surface area contributed by atoms with Gasteiger partial charge in [0.1, 0.15) is 12.3 Å². The van der Waals surface area contributed by atoms with Crippen molar-refractivity contribution in [2.24, 2.45) is 0 Å². The molecule has 8 heteroatoms. The van der Waals surface area contributed by atoms with Gasteiger partial charge in [-0.05, 0) is 55.3 Å². The number of hydrogen-bond acceptors (Lipinski definition) is 4. The lowest BCUT2D eigenvalue weighted by molar-refractivity contribution is -0.122. The number of likely N-dealkylation sites (N-methyl/N-ethyl adjacent to an activating group) is 1. The summed E-state index contributed by atoms with van der Waals surface area (Å²) >= 11 is 9.42. The number of nitrogens with one attached hydrogen (secondary N) is 1. The van der Waals surface area contributed by atoms with Gasteiger partial charge in [0.25, 0.3) is 5.91 Å². The largest absolute Gasteiger partial charge is 0.490 e. The second-order valence-corrected chi connectivity index (χ2v) is 7.50. The smallest absolute Gasteiger partial charge is 0.328 e. The zero-order valence-electron chi connectivity index (χ0n) is 16.0. The zero-order valence-corrected chi connectivity index (χ0v) is 18.3. The first-order valence-corrected chi connectivity index (χ1v) is 10.3. The highest BCUT2D eigenvalue weighted by Crippen LogP contribution is 2.35. The summed E-state index contributed by atoms with van der Waals surface area (Å²) in [5.74, 6) is 0.749. The van der Waals surface area contributed by atoms with Crippen LogP contribution in [0.4, 0.5) is 4.79 Å².